The molecule has 0 radical (unpaired) electrons. The van der Waals surface area contributed by atoms with Crippen LogP contribution in [0.3, 0.4) is 0 Å². The Hall–Kier alpha value is -2.76. The lowest BCUT2D eigenvalue weighted by Crippen LogP contribution is -2.15. The molecule has 24 heavy (non-hydrogen) atoms. The van der Waals surface area contributed by atoms with E-state index in [9.17, 15) is 9.59 Å². The number of unbranched alkanes of at least 4 members (excludes halogenated alkanes) is 1. The lowest BCUT2D eigenvalue weighted by molar-refractivity contribution is -0.136. The van der Waals surface area contributed by atoms with E-state index in [1.807, 2.05) is 6.07 Å². The van der Waals surface area contributed by atoms with Crippen molar-refractivity contribution in [3.05, 3.63) is 47.4 Å². The molecule has 0 aliphatic carbocycles. The van der Waals surface area contributed by atoms with E-state index < -0.39 is 11.9 Å². The Balaban J connectivity index is 2.11. The van der Waals surface area contributed by atoms with Crippen LogP contribution in [0.5, 0.6) is 5.75 Å². The zero-order chi connectivity index (χ0) is 17.5. The molecule has 128 valence electrons. The number of carboxylic acids is 1. The maximum absolute atomic E-state index is 12.5. The van der Waals surface area contributed by atoms with Gasteiger partial charge in [0.15, 0.2) is 0 Å². The molecular formula is C18H21NO5. The van der Waals surface area contributed by atoms with Gasteiger partial charge >= 0.3 is 5.97 Å². The monoisotopic (exact) mass is 331 g/mol. The van der Waals surface area contributed by atoms with E-state index >= 15 is 0 Å². The minimum absolute atomic E-state index is 0.146. The fraction of sp³-hybridized carbons (Fsp3) is 0.333. The third-order valence-electron chi connectivity index (χ3n) is 3.45. The fourth-order valence-electron chi connectivity index (χ4n) is 2.26. The van der Waals surface area contributed by atoms with E-state index in [2.05, 4.69) is 12.2 Å². The summed E-state index contributed by atoms with van der Waals surface area (Å²) >= 11 is 0. The van der Waals surface area contributed by atoms with Gasteiger partial charge in [0.25, 0.3) is 5.91 Å². The fourth-order valence-corrected chi connectivity index (χ4v) is 2.26. The highest BCUT2D eigenvalue weighted by Gasteiger charge is 2.20. The van der Waals surface area contributed by atoms with E-state index in [0.717, 1.165) is 12.8 Å². The normalized spacial score (nSPS) is 10.4. The topological polar surface area (TPSA) is 88.8 Å². The van der Waals surface area contributed by atoms with Gasteiger partial charge in [0.2, 0.25) is 0 Å². The van der Waals surface area contributed by atoms with Gasteiger partial charge in [-0.1, -0.05) is 19.4 Å². The first kappa shape index (κ1) is 17.6. The van der Waals surface area contributed by atoms with Gasteiger partial charge in [0, 0.05) is 17.3 Å². The Bertz CT molecular complexity index is 720. The summed E-state index contributed by atoms with van der Waals surface area (Å²) in [6.45, 7) is 4.41. The van der Waals surface area contributed by atoms with Crippen molar-refractivity contribution in [3.8, 4) is 5.75 Å². The molecule has 2 rings (SSSR count). The largest absolute Gasteiger partial charge is 0.494 e. The molecule has 1 amide bonds. The predicted molar refractivity (Wildman–Crippen MR) is 89.6 cm³/mol. The van der Waals surface area contributed by atoms with Crippen LogP contribution in [0.2, 0.25) is 0 Å². The second-order valence-electron chi connectivity index (χ2n) is 5.47. The lowest BCUT2D eigenvalue weighted by atomic mass is 10.1. The number of benzene rings is 1. The molecule has 0 aliphatic rings. The van der Waals surface area contributed by atoms with Crippen molar-refractivity contribution in [2.75, 3.05) is 11.9 Å². The number of rotatable bonds is 8. The molecule has 0 saturated carbocycles. The Morgan fingerprint density at radius 2 is 2.12 bits per heavy atom. The summed E-state index contributed by atoms with van der Waals surface area (Å²) in [6, 6.07) is 7.10. The summed E-state index contributed by atoms with van der Waals surface area (Å²) in [5.41, 5.74) is 1.43. The van der Waals surface area contributed by atoms with Crippen LogP contribution in [0.4, 0.5) is 5.69 Å². The van der Waals surface area contributed by atoms with Crippen molar-refractivity contribution >= 4 is 17.6 Å². The summed E-state index contributed by atoms with van der Waals surface area (Å²) in [7, 11) is 0. The summed E-state index contributed by atoms with van der Waals surface area (Å²) in [4.78, 5) is 23.3. The highest BCUT2D eigenvalue weighted by Crippen LogP contribution is 2.22. The van der Waals surface area contributed by atoms with Crippen LogP contribution in [0.25, 0.3) is 0 Å². The number of carbonyl (C=O) groups excluding carboxylic acids is 1. The number of nitrogens with one attached hydrogen (secondary N) is 1. The summed E-state index contributed by atoms with van der Waals surface area (Å²) in [5.74, 6) is -0.628. The Kier molecular flexibility index (Phi) is 6.01. The van der Waals surface area contributed by atoms with E-state index in [1.54, 1.807) is 25.1 Å². The summed E-state index contributed by atoms with van der Waals surface area (Å²) in [6.07, 6.45) is 3.06. The number of amides is 1. The first-order valence-electron chi connectivity index (χ1n) is 7.84. The van der Waals surface area contributed by atoms with Gasteiger partial charge in [-0.25, -0.2) is 0 Å². The zero-order valence-corrected chi connectivity index (χ0v) is 13.8. The molecule has 0 unspecified atom stereocenters. The van der Waals surface area contributed by atoms with Crippen molar-refractivity contribution < 1.29 is 23.8 Å². The van der Waals surface area contributed by atoms with Crippen LogP contribution in [0.1, 0.15) is 41.4 Å². The molecule has 6 heteroatoms. The number of carbonyl (C=O) groups is 2. The van der Waals surface area contributed by atoms with Crippen molar-refractivity contribution in [2.24, 2.45) is 0 Å². The molecule has 0 bridgehead atoms. The van der Waals surface area contributed by atoms with E-state index in [4.69, 9.17) is 14.3 Å². The van der Waals surface area contributed by atoms with Gasteiger partial charge in [0.05, 0.1) is 18.4 Å². The second-order valence-corrected chi connectivity index (χ2v) is 5.47. The van der Waals surface area contributed by atoms with E-state index in [1.165, 1.54) is 6.26 Å². The van der Waals surface area contributed by atoms with Gasteiger partial charge in [-0.2, -0.15) is 0 Å². The zero-order valence-electron chi connectivity index (χ0n) is 13.8. The molecule has 0 aliphatic heterocycles. The maximum Gasteiger partial charge on any atom is 0.311 e. The first-order valence-corrected chi connectivity index (χ1v) is 7.84. The molecule has 1 aromatic heterocycles. The molecule has 1 aromatic carbocycles. The Labute approximate surface area is 140 Å². The quantitative estimate of drug-likeness (QED) is 0.721. The average Bonchev–Trinajstić information content (AvgIpc) is 2.88. The van der Waals surface area contributed by atoms with Crippen LogP contribution < -0.4 is 10.1 Å². The molecule has 0 atom stereocenters. The highest BCUT2D eigenvalue weighted by molar-refractivity contribution is 6.06. The van der Waals surface area contributed by atoms with Gasteiger partial charge in [0.1, 0.15) is 17.9 Å². The van der Waals surface area contributed by atoms with Crippen molar-refractivity contribution in [1.29, 1.82) is 0 Å². The van der Waals surface area contributed by atoms with Gasteiger partial charge < -0.3 is 19.6 Å². The molecule has 0 fully saturated rings. The van der Waals surface area contributed by atoms with Crippen LogP contribution >= 0.6 is 0 Å². The Morgan fingerprint density at radius 1 is 1.33 bits per heavy atom. The molecule has 0 saturated heterocycles. The van der Waals surface area contributed by atoms with Crippen LogP contribution in [0, 0.1) is 6.92 Å². The van der Waals surface area contributed by atoms with Gasteiger partial charge in [-0.15, -0.1) is 0 Å². The van der Waals surface area contributed by atoms with Crippen molar-refractivity contribution in [2.45, 2.75) is 33.1 Å². The van der Waals surface area contributed by atoms with Crippen molar-refractivity contribution in [3.63, 3.8) is 0 Å². The average molecular weight is 331 g/mol. The maximum atomic E-state index is 12.5. The second kappa shape index (κ2) is 8.19. The summed E-state index contributed by atoms with van der Waals surface area (Å²) < 4.78 is 10.8. The van der Waals surface area contributed by atoms with E-state index in [-0.39, 0.29) is 17.7 Å². The number of hydrogen-bond acceptors (Lipinski definition) is 4. The molecule has 1 heterocycles. The predicted octanol–water partition coefficient (Wildman–Crippen LogP) is 3.65. The lowest BCUT2D eigenvalue weighted by Gasteiger charge is -2.09. The third-order valence-corrected chi connectivity index (χ3v) is 3.45. The number of furan rings is 1. The highest BCUT2D eigenvalue weighted by atomic mass is 16.5. The number of aryl methyl sites for hydroxylation is 1. The number of anilines is 1. The van der Waals surface area contributed by atoms with Gasteiger partial charge in [-0.05, 0) is 25.5 Å². The van der Waals surface area contributed by atoms with Gasteiger partial charge in [-0.3, -0.25) is 9.59 Å². The number of aliphatic carboxylic acids is 1. The van der Waals surface area contributed by atoms with Crippen LogP contribution in [0.15, 0.2) is 34.9 Å². The Morgan fingerprint density at radius 3 is 2.83 bits per heavy atom. The summed E-state index contributed by atoms with van der Waals surface area (Å²) in [5, 5.41) is 11.7. The SMILES string of the molecule is CCCCOc1cccc(NC(=O)c2c(C)coc2CC(=O)O)c1. The van der Waals surface area contributed by atoms with Crippen LogP contribution in [-0.2, 0) is 11.2 Å². The number of hydrogen-bond donors (Lipinski definition) is 2. The molecule has 2 aromatic rings. The molecule has 0 spiro atoms. The molecule has 6 nitrogen and oxygen atoms in total. The smallest absolute Gasteiger partial charge is 0.311 e. The van der Waals surface area contributed by atoms with E-state index in [0.29, 0.717) is 23.6 Å². The molecule has 2 N–H and O–H groups in total. The minimum atomic E-state index is -1.05. The van der Waals surface area contributed by atoms with Crippen LogP contribution in [-0.4, -0.2) is 23.6 Å². The van der Waals surface area contributed by atoms with Crippen molar-refractivity contribution in [1.82, 2.24) is 0 Å². The first-order chi connectivity index (χ1) is 11.5. The standard InChI is InChI=1S/C18H21NO5/c1-3-4-8-23-14-7-5-6-13(9-14)19-18(22)17-12(2)11-24-15(17)10-16(20)21/h5-7,9,11H,3-4,8,10H2,1-2H3,(H,19,22)(H,20,21). The minimum Gasteiger partial charge on any atom is -0.494 e. The number of carboxylic acid groups (broad SMARTS) is 1. The third kappa shape index (κ3) is 4.62. The molecular weight excluding hydrogens is 310 g/mol. The number of ether oxygens (including phenoxy) is 1.